The molecule has 0 aliphatic heterocycles. The van der Waals surface area contributed by atoms with Crippen molar-refractivity contribution in [3.8, 4) is 0 Å². The lowest BCUT2D eigenvalue weighted by molar-refractivity contribution is 0.237. The lowest BCUT2D eigenvalue weighted by Crippen LogP contribution is -2.36. The number of rotatable bonds is 5. The summed E-state index contributed by atoms with van der Waals surface area (Å²) < 4.78 is 0. The highest BCUT2D eigenvalue weighted by molar-refractivity contribution is 7.98. The van der Waals surface area contributed by atoms with Gasteiger partial charge in [0.25, 0.3) is 0 Å². The van der Waals surface area contributed by atoms with Crippen molar-refractivity contribution < 1.29 is 4.79 Å². The number of amides is 2. The van der Waals surface area contributed by atoms with Gasteiger partial charge in [-0.05, 0) is 36.4 Å². The van der Waals surface area contributed by atoms with Gasteiger partial charge in [-0.25, -0.2) is 4.79 Å². The molecule has 110 valence electrons. The molecule has 0 unspecified atom stereocenters. The third-order valence-electron chi connectivity index (χ3n) is 3.26. The molecule has 0 saturated heterocycles. The van der Waals surface area contributed by atoms with Gasteiger partial charge in [-0.3, -0.25) is 0 Å². The maximum Gasteiger partial charge on any atom is 0.315 e. The highest BCUT2D eigenvalue weighted by atomic mass is 32.2. The molecule has 0 fully saturated rings. The van der Waals surface area contributed by atoms with Gasteiger partial charge in [0.2, 0.25) is 0 Å². The second-order valence-electron chi connectivity index (χ2n) is 4.81. The monoisotopic (exact) mass is 300 g/mol. The Bertz CT molecular complexity index is 569. The van der Waals surface area contributed by atoms with Crippen LogP contribution in [0, 0.1) is 0 Å². The number of hydrogen-bond acceptors (Lipinski definition) is 2. The number of thioether (sulfide) groups is 1. The van der Waals surface area contributed by atoms with Crippen molar-refractivity contribution in [1.82, 2.24) is 10.6 Å². The molecule has 2 N–H and O–H groups in total. The summed E-state index contributed by atoms with van der Waals surface area (Å²) in [5, 5.41) is 5.82. The van der Waals surface area contributed by atoms with Gasteiger partial charge in [-0.15, -0.1) is 11.8 Å². The fourth-order valence-electron chi connectivity index (χ4n) is 2.00. The van der Waals surface area contributed by atoms with E-state index < -0.39 is 0 Å². The van der Waals surface area contributed by atoms with Gasteiger partial charge >= 0.3 is 6.03 Å². The molecule has 4 heteroatoms. The molecule has 2 rings (SSSR count). The number of carbonyl (C=O) groups excluding carboxylic acids is 1. The van der Waals surface area contributed by atoms with Crippen LogP contribution in [0.4, 0.5) is 4.79 Å². The van der Waals surface area contributed by atoms with Gasteiger partial charge in [-0.1, -0.05) is 42.5 Å². The number of benzene rings is 2. The van der Waals surface area contributed by atoms with Gasteiger partial charge in [0.05, 0.1) is 6.04 Å². The fraction of sp³-hybridized carbons (Fsp3) is 0.235. The molecule has 0 aromatic heterocycles. The Morgan fingerprint density at radius 3 is 2.38 bits per heavy atom. The Labute approximate surface area is 130 Å². The normalized spacial score (nSPS) is 11.7. The van der Waals surface area contributed by atoms with E-state index in [0.29, 0.717) is 6.54 Å². The average Bonchev–Trinajstić information content (AvgIpc) is 2.54. The van der Waals surface area contributed by atoms with Crippen molar-refractivity contribution in [2.24, 2.45) is 0 Å². The molecule has 0 saturated carbocycles. The third-order valence-corrected chi connectivity index (χ3v) is 4.00. The number of carbonyl (C=O) groups is 1. The Kier molecular flexibility index (Phi) is 5.69. The SMILES string of the molecule is CSc1ccc([C@H](C)NC(=O)NCc2ccccc2)cc1. The first-order valence-electron chi connectivity index (χ1n) is 6.91. The molecule has 0 bridgehead atoms. The van der Waals surface area contributed by atoms with Crippen molar-refractivity contribution in [2.75, 3.05) is 6.26 Å². The van der Waals surface area contributed by atoms with Crippen LogP contribution >= 0.6 is 11.8 Å². The van der Waals surface area contributed by atoms with Crippen molar-refractivity contribution in [1.29, 1.82) is 0 Å². The number of hydrogen-bond donors (Lipinski definition) is 2. The molecule has 2 amide bonds. The lowest BCUT2D eigenvalue weighted by atomic mass is 10.1. The van der Waals surface area contributed by atoms with Gasteiger partial charge in [-0.2, -0.15) is 0 Å². The Morgan fingerprint density at radius 2 is 1.76 bits per heavy atom. The van der Waals surface area contributed by atoms with Crippen LogP contribution < -0.4 is 10.6 Å². The number of urea groups is 1. The maximum atomic E-state index is 11.9. The van der Waals surface area contributed by atoms with Crippen LogP contribution in [0.2, 0.25) is 0 Å². The van der Waals surface area contributed by atoms with E-state index in [1.807, 2.05) is 55.6 Å². The Hall–Kier alpha value is -1.94. The van der Waals surface area contributed by atoms with E-state index in [1.165, 1.54) is 4.90 Å². The van der Waals surface area contributed by atoms with E-state index in [2.05, 4.69) is 22.8 Å². The summed E-state index contributed by atoms with van der Waals surface area (Å²) in [5.74, 6) is 0. The zero-order valence-electron chi connectivity index (χ0n) is 12.3. The largest absolute Gasteiger partial charge is 0.334 e. The van der Waals surface area contributed by atoms with Gasteiger partial charge in [0, 0.05) is 11.4 Å². The molecule has 0 aliphatic carbocycles. The lowest BCUT2D eigenvalue weighted by Gasteiger charge is -2.15. The summed E-state index contributed by atoms with van der Waals surface area (Å²) in [4.78, 5) is 13.1. The average molecular weight is 300 g/mol. The molecule has 0 radical (unpaired) electrons. The smallest absolute Gasteiger partial charge is 0.315 e. The van der Waals surface area contributed by atoms with Crippen LogP contribution in [0.3, 0.4) is 0 Å². The van der Waals surface area contributed by atoms with Crippen LogP contribution in [0.5, 0.6) is 0 Å². The molecule has 2 aromatic carbocycles. The van der Waals surface area contributed by atoms with Gasteiger partial charge in [0.15, 0.2) is 0 Å². The van der Waals surface area contributed by atoms with E-state index in [4.69, 9.17) is 0 Å². The highest BCUT2D eigenvalue weighted by Gasteiger charge is 2.08. The van der Waals surface area contributed by atoms with Crippen LogP contribution in [-0.2, 0) is 6.54 Å². The van der Waals surface area contributed by atoms with Crippen LogP contribution in [0.25, 0.3) is 0 Å². The van der Waals surface area contributed by atoms with Crippen molar-refractivity contribution in [2.45, 2.75) is 24.4 Å². The molecular weight excluding hydrogens is 280 g/mol. The summed E-state index contributed by atoms with van der Waals surface area (Å²) in [6, 6.07) is 17.9. The second-order valence-corrected chi connectivity index (χ2v) is 5.69. The zero-order chi connectivity index (χ0) is 15.1. The topological polar surface area (TPSA) is 41.1 Å². The van der Waals surface area contributed by atoms with E-state index >= 15 is 0 Å². The highest BCUT2D eigenvalue weighted by Crippen LogP contribution is 2.18. The first kappa shape index (κ1) is 15.4. The quantitative estimate of drug-likeness (QED) is 0.820. The van der Waals surface area contributed by atoms with Crippen molar-refractivity contribution in [3.63, 3.8) is 0 Å². The minimum absolute atomic E-state index is 0.0170. The molecule has 0 heterocycles. The first-order chi connectivity index (χ1) is 10.2. The minimum atomic E-state index is -0.153. The molecule has 0 spiro atoms. The minimum Gasteiger partial charge on any atom is -0.334 e. The summed E-state index contributed by atoms with van der Waals surface area (Å²) in [6.07, 6.45) is 2.05. The maximum absolute atomic E-state index is 11.9. The molecule has 1 atom stereocenters. The summed E-state index contributed by atoms with van der Waals surface area (Å²) >= 11 is 1.71. The van der Waals surface area contributed by atoms with E-state index in [-0.39, 0.29) is 12.1 Å². The molecule has 2 aromatic rings. The number of nitrogens with one attached hydrogen (secondary N) is 2. The predicted octanol–water partition coefficient (Wildman–Crippen LogP) is 3.97. The molecule has 0 aliphatic rings. The van der Waals surface area contributed by atoms with E-state index in [1.54, 1.807) is 11.8 Å². The van der Waals surface area contributed by atoms with E-state index in [9.17, 15) is 4.79 Å². The zero-order valence-corrected chi connectivity index (χ0v) is 13.1. The standard InChI is InChI=1S/C17H20N2OS/c1-13(15-8-10-16(21-2)11-9-15)19-17(20)18-12-14-6-4-3-5-7-14/h3-11,13H,12H2,1-2H3,(H2,18,19,20)/t13-/m0/s1. The third kappa shape index (κ3) is 4.83. The predicted molar refractivity (Wildman–Crippen MR) is 88.5 cm³/mol. The summed E-state index contributed by atoms with van der Waals surface area (Å²) in [6.45, 7) is 2.51. The van der Waals surface area contributed by atoms with Crippen molar-refractivity contribution >= 4 is 17.8 Å². The Morgan fingerprint density at radius 1 is 1.10 bits per heavy atom. The summed E-state index contributed by atoms with van der Waals surface area (Å²) in [7, 11) is 0. The van der Waals surface area contributed by atoms with Gasteiger partial charge in [0.1, 0.15) is 0 Å². The Balaban J connectivity index is 1.83. The molecular formula is C17H20N2OS. The van der Waals surface area contributed by atoms with Crippen LogP contribution in [0.1, 0.15) is 24.1 Å². The summed E-state index contributed by atoms with van der Waals surface area (Å²) in [5.41, 5.74) is 2.19. The second kappa shape index (κ2) is 7.74. The van der Waals surface area contributed by atoms with Crippen LogP contribution in [-0.4, -0.2) is 12.3 Å². The molecule has 21 heavy (non-hydrogen) atoms. The van der Waals surface area contributed by atoms with E-state index in [0.717, 1.165) is 11.1 Å². The molecule has 3 nitrogen and oxygen atoms in total. The van der Waals surface area contributed by atoms with Crippen LogP contribution in [0.15, 0.2) is 59.5 Å². The van der Waals surface area contributed by atoms with Gasteiger partial charge < -0.3 is 10.6 Å². The first-order valence-corrected chi connectivity index (χ1v) is 8.14. The fourth-order valence-corrected chi connectivity index (χ4v) is 2.41. The van der Waals surface area contributed by atoms with Crippen molar-refractivity contribution in [3.05, 3.63) is 65.7 Å².